The van der Waals surface area contributed by atoms with Crippen molar-refractivity contribution in [3.63, 3.8) is 0 Å². The highest BCUT2D eigenvalue weighted by molar-refractivity contribution is 7.18. The predicted molar refractivity (Wildman–Crippen MR) is 112 cm³/mol. The van der Waals surface area contributed by atoms with Gasteiger partial charge in [-0.25, -0.2) is 4.98 Å². The Hall–Kier alpha value is -2.07. The van der Waals surface area contributed by atoms with Crippen molar-refractivity contribution in [2.24, 2.45) is 0 Å². The number of fused-ring (bicyclic) bond motifs is 1. The SMILES string of the molecule is O=C(Cn1cnc2scc(-c3cccs3)c2c1=O)NCCCN1CCOCC1. The van der Waals surface area contributed by atoms with Crippen molar-refractivity contribution in [3.05, 3.63) is 39.6 Å². The molecule has 0 bridgehead atoms. The van der Waals surface area contributed by atoms with Crippen LogP contribution in [0.15, 0.2) is 34.0 Å². The third kappa shape index (κ3) is 4.33. The van der Waals surface area contributed by atoms with Crippen LogP contribution in [-0.4, -0.2) is 59.8 Å². The number of hydrogen-bond acceptors (Lipinski definition) is 7. The molecule has 0 aliphatic carbocycles. The number of rotatable bonds is 7. The van der Waals surface area contributed by atoms with E-state index in [0.29, 0.717) is 16.8 Å². The van der Waals surface area contributed by atoms with Gasteiger partial charge in [0.15, 0.2) is 0 Å². The van der Waals surface area contributed by atoms with E-state index in [1.807, 2.05) is 22.9 Å². The molecule has 1 fully saturated rings. The summed E-state index contributed by atoms with van der Waals surface area (Å²) >= 11 is 3.04. The average molecular weight is 419 g/mol. The number of aromatic nitrogens is 2. The highest BCUT2D eigenvalue weighted by atomic mass is 32.1. The molecule has 1 amide bonds. The van der Waals surface area contributed by atoms with Gasteiger partial charge in [-0.1, -0.05) is 6.07 Å². The molecule has 1 saturated heterocycles. The summed E-state index contributed by atoms with van der Waals surface area (Å²) in [6.07, 6.45) is 2.34. The molecule has 148 valence electrons. The van der Waals surface area contributed by atoms with Crippen LogP contribution < -0.4 is 10.9 Å². The van der Waals surface area contributed by atoms with Crippen LogP contribution in [0.4, 0.5) is 0 Å². The van der Waals surface area contributed by atoms with E-state index in [-0.39, 0.29) is 18.0 Å². The van der Waals surface area contributed by atoms with Gasteiger partial charge in [-0.3, -0.25) is 19.1 Å². The minimum atomic E-state index is -0.168. The van der Waals surface area contributed by atoms with Gasteiger partial charge in [0.25, 0.3) is 5.56 Å². The lowest BCUT2D eigenvalue weighted by atomic mass is 10.2. The van der Waals surface area contributed by atoms with Crippen molar-refractivity contribution >= 4 is 38.8 Å². The van der Waals surface area contributed by atoms with Crippen LogP contribution in [0.5, 0.6) is 0 Å². The summed E-state index contributed by atoms with van der Waals surface area (Å²) in [7, 11) is 0. The number of morpholine rings is 1. The van der Waals surface area contributed by atoms with E-state index >= 15 is 0 Å². The summed E-state index contributed by atoms with van der Waals surface area (Å²) in [5.74, 6) is -0.168. The monoisotopic (exact) mass is 418 g/mol. The highest BCUT2D eigenvalue weighted by Crippen LogP contribution is 2.33. The Morgan fingerprint density at radius 2 is 2.14 bits per heavy atom. The van der Waals surface area contributed by atoms with Crippen LogP contribution in [0, 0.1) is 0 Å². The Labute approximate surface area is 170 Å². The van der Waals surface area contributed by atoms with Gasteiger partial charge >= 0.3 is 0 Å². The average Bonchev–Trinajstić information content (AvgIpc) is 3.38. The predicted octanol–water partition coefficient (Wildman–Crippen LogP) is 2.03. The number of carbonyl (C=O) groups excluding carboxylic acids is 1. The van der Waals surface area contributed by atoms with Crippen LogP contribution in [-0.2, 0) is 16.1 Å². The molecule has 0 saturated carbocycles. The van der Waals surface area contributed by atoms with Crippen LogP contribution in [0.1, 0.15) is 6.42 Å². The van der Waals surface area contributed by atoms with Crippen molar-refractivity contribution in [1.82, 2.24) is 19.8 Å². The first-order valence-electron chi connectivity index (χ1n) is 9.29. The smallest absolute Gasteiger partial charge is 0.263 e. The van der Waals surface area contributed by atoms with Gasteiger partial charge in [-0.15, -0.1) is 22.7 Å². The molecule has 1 aliphatic rings. The Kier molecular flexibility index (Phi) is 6.16. The van der Waals surface area contributed by atoms with Gasteiger partial charge in [0.2, 0.25) is 5.91 Å². The van der Waals surface area contributed by atoms with Crippen molar-refractivity contribution < 1.29 is 9.53 Å². The quantitative estimate of drug-likeness (QED) is 0.594. The topological polar surface area (TPSA) is 76.5 Å². The molecule has 0 aromatic carbocycles. The standard InChI is InChI=1S/C19H22N4O3S2/c24-16(20-4-2-5-22-6-8-26-9-7-22)11-23-13-21-18-17(19(23)25)14(12-28-18)15-3-1-10-27-15/h1,3,10,12-13H,2,4-9,11H2,(H,20,24). The number of thiophene rings is 2. The molecule has 7 nitrogen and oxygen atoms in total. The number of nitrogens with one attached hydrogen (secondary N) is 1. The first kappa shape index (κ1) is 19.3. The van der Waals surface area contributed by atoms with E-state index in [0.717, 1.165) is 49.7 Å². The Morgan fingerprint density at radius 1 is 1.29 bits per heavy atom. The molecule has 0 radical (unpaired) electrons. The molecule has 0 unspecified atom stereocenters. The van der Waals surface area contributed by atoms with Crippen LogP contribution in [0.3, 0.4) is 0 Å². The number of amides is 1. The summed E-state index contributed by atoms with van der Waals surface area (Å²) in [6.45, 7) is 4.97. The zero-order valence-corrected chi connectivity index (χ0v) is 17.1. The Bertz CT molecular complexity index is 990. The van der Waals surface area contributed by atoms with E-state index in [2.05, 4.69) is 15.2 Å². The summed E-state index contributed by atoms with van der Waals surface area (Å²) in [5.41, 5.74) is 0.728. The first-order chi connectivity index (χ1) is 13.7. The first-order valence-corrected chi connectivity index (χ1v) is 11.1. The summed E-state index contributed by atoms with van der Waals surface area (Å²) in [6, 6.07) is 3.95. The third-order valence-electron chi connectivity index (χ3n) is 4.74. The number of nitrogens with zero attached hydrogens (tertiary/aromatic N) is 3. The Morgan fingerprint density at radius 3 is 2.93 bits per heavy atom. The maximum Gasteiger partial charge on any atom is 0.263 e. The minimum Gasteiger partial charge on any atom is -0.379 e. The second-order valence-corrected chi connectivity index (χ2v) is 8.45. The zero-order valence-electron chi connectivity index (χ0n) is 15.4. The fraction of sp³-hybridized carbons (Fsp3) is 0.421. The zero-order chi connectivity index (χ0) is 19.3. The van der Waals surface area contributed by atoms with E-state index in [9.17, 15) is 9.59 Å². The third-order valence-corrected chi connectivity index (χ3v) is 6.53. The fourth-order valence-electron chi connectivity index (χ4n) is 3.26. The molecule has 4 heterocycles. The Balaban J connectivity index is 1.37. The molecule has 1 aliphatic heterocycles. The molecule has 9 heteroatoms. The van der Waals surface area contributed by atoms with Gasteiger partial charge in [-0.2, -0.15) is 0 Å². The normalized spacial score (nSPS) is 15.1. The number of carbonyl (C=O) groups is 1. The molecular weight excluding hydrogens is 396 g/mol. The van der Waals surface area contributed by atoms with Gasteiger partial charge < -0.3 is 10.1 Å². The molecule has 4 rings (SSSR count). The van der Waals surface area contributed by atoms with Crippen molar-refractivity contribution in [2.75, 3.05) is 39.4 Å². The maximum absolute atomic E-state index is 12.9. The second kappa shape index (κ2) is 8.95. The van der Waals surface area contributed by atoms with Gasteiger partial charge in [0.05, 0.1) is 24.9 Å². The lowest BCUT2D eigenvalue weighted by Gasteiger charge is -2.26. The van der Waals surface area contributed by atoms with E-state index in [4.69, 9.17) is 4.74 Å². The van der Waals surface area contributed by atoms with Gasteiger partial charge in [0.1, 0.15) is 11.4 Å². The molecule has 28 heavy (non-hydrogen) atoms. The van der Waals surface area contributed by atoms with Crippen LogP contribution in [0.2, 0.25) is 0 Å². The molecule has 3 aromatic rings. The number of ether oxygens (including phenoxy) is 1. The lowest BCUT2D eigenvalue weighted by Crippen LogP contribution is -2.38. The summed E-state index contributed by atoms with van der Waals surface area (Å²) < 4.78 is 6.72. The van der Waals surface area contributed by atoms with Crippen LogP contribution in [0.25, 0.3) is 20.7 Å². The fourth-order valence-corrected chi connectivity index (χ4v) is 4.98. The molecule has 1 N–H and O–H groups in total. The minimum absolute atomic E-state index is 0.0148. The molecular formula is C19H22N4O3S2. The van der Waals surface area contributed by atoms with E-state index in [1.165, 1.54) is 22.2 Å². The lowest BCUT2D eigenvalue weighted by molar-refractivity contribution is -0.121. The van der Waals surface area contributed by atoms with Crippen molar-refractivity contribution in [3.8, 4) is 10.4 Å². The highest BCUT2D eigenvalue weighted by Gasteiger charge is 2.15. The van der Waals surface area contributed by atoms with Crippen molar-refractivity contribution in [2.45, 2.75) is 13.0 Å². The molecule has 3 aromatic heterocycles. The number of hydrogen-bond donors (Lipinski definition) is 1. The summed E-state index contributed by atoms with van der Waals surface area (Å²) in [5, 5.41) is 7.44. The van der Waals surface area contributed by atoms with Gasteiger partial charge in [0, 0.05) is 35.5 Å². The van der Waals surface area contributed by atoms with Crippen molar-refractivity contribution in [1.29, 1.82) is 0 Å². The molecule has 0 spiro atoms. The molecule has 0 atom stereocenters. The van der Waals surface area contributed by atoms with E-state index in [1.54, 1.807) is 11.3 Å². The maximum atomic E-state index is 12.9. The van der Waals surface area contributed by atoms with E-state index < -0.39 is 0 Å². The largest absolute Gasteiger partial charge is 0.379 e. The van der Waals surface area contributed by atoms with Gasteiger partial charge in [-0.05, 0) is 24.4 Å². The second-order valence-electron chi connectivity index (χ2n) is 6.64. The summed E-state index contributed by atoms with van der Waals surface area (Å²) in [4.78, 5) is 33.6. The van der Waals surface area contributed by atoms with Crippen LogP contribution >= 0.6 is 22.7 Å².